The molecule has 0 aliphatic carbocycles. The van der Waals surface area contributed by atoms with E-state index in [4.69, 9.17) is 61.4 Å². The number of hydrogen-bond acceptors (Lipinski definition) is 14. The van der Waals surface area contributed by atoms with E-state index in [2.05, 4.69) is 73.9 Å². The first kappa shape index (κ1) is 58.4. The Morgan fingerprint density at radius 1 is 0.479 bits per heavy atom. The third kappa shape index (κ3) is 24.2. The van der Waals surface area contributed by atoms with Crippen molar-refractivity contribution in [1.29, 1.82) is 27.0 Å². The summed E-state index contributed by atoms with van der Waals surface area (Å²) in [5, 5.41) is 76.0. The number of rotatable bonds is 33. The number of benzene rings is 1. The van der Waals surface area contributed by atoms with Crippen LogP contribution >= 0.6 is 0 Å². The topological polar surface area (TPSA) is 569 Å². The van der Waals surface area contributed by atoms with Crippen molar-refractivity contribution in [2.75, 3.05) is 39.3 Å². The van der Waals surface area contributed by atoms with Crippen LogP contribution in [0.1, 0.15) is 74.6 Å². The molecule has 0 aliphatic rings. The predicted octanol–water partition coefficient (Wildman–Crippen LogP) is -7.09. The highest BCUT2D eigenvalue weighted by atomic mass is 16.2. The number of amides is 7. The van der Waals surface area contributed by atoms with Gasteiger partial charge in [-0.05, 0) is 82.4 Å². The lowest BCUT2D eigenvalue weighted by Crippen LogP contribution is -2.59. The third-order valence-corrected chi connectivity index (χ3v) is 10.1. The zero-order chi connectivity index (χ0) is 52.9. The molecular formula is C39H69N25O7. The van der Waals surface area contributed by atoms with Crippen LogP contribution in [0.15, 0.2) is 18.2 Å². The fourth-order valence-corrected chi connectivity index (χ4v) is 6.59. The zero-order valence-corrected chi connectivity index (χ0v) is 39.1. The van der Waals surface area contributed by atoms with Gasteiger partial charge >= 0.3 is 0 Å². The van der Waals surface area contributed by atoms with Gasteiger partial charge in [-0.25, -0.2) is 0 Å². The lowest BCUT2D eigenvalue weighted by Gasteiger charge is -2.27. The van der Waals surface area contributed by atoms with Crippen LogP contribution in [0.4, 0.5) is 0 Å². The number of hydrogen-bond donors (Lipinski definition) is 23. The molecule has 7 amide bonds. The van der Waals surface area contributed by atoms with E-state index < -0.39 is 78.1 Å². The van der Waals surface area contributed by atoms with Crippen molar-refractivity contribution < 1.29 is 33.6 Å². The van der Waals surface area contributed by atoms with Gasteiger partial charge in [0, 0.05) is 38.3 Å². The Balaban J connectivity index is 2.39. The van der Waals surface area contributed by atoms with E-state index in [1.54, 1.807) is 6.07 Å². The van der Waals surface area contributed by atoms with E-state index in [-0.39, 0.29) is 132 Å². The number of primary amides is 1. The van der Waals surface area contributed by atoms with Crippen molar-refractivity contribution in [1.82, 2.24) is 73.9 Å². The number of carbonyl (C=O) groups is 7. The molecule has 1 aromatic carbocycles. The molecule has 0 saturated carbocycles. The summed E-state index contributed by atoms with van der Waals surface area (Å²) in [6, 6.07) is -2.09. The molecule has 1 heterocycles. The molecule has 32 nitrogen and oxygen atoms in total. The minimum Gasteiger partial charge on any atom is -0.370 e. The average Bonchev–Trinajstić information content (AvgIpc) is 3.78. The minimum absolute atomic E-state index is 0.0413. The molecular weight excluding hydrogens is 931 g/mol. The first-order chi connectivity index (χ1) is 33.7. The van der Waals surface area contributed by atoms with Gasteiger partial charge in [-0.1, -0.05) is 5.21 Å². The van der Waals surface area contributed by atoms with Crippen LogP contribution in [0, 0.1) is 27.0 Å². The molecule has 1 aromatic heterocycles. The van der Waals surface area contributed by atoms with Gasteiger partial charge in [0.1, 0.15) is 35.7 Å². The number of nitrogens with one attached hydrogen (secondary N) is 17. The monoisotopic (exact) mass is 1000 g/mol. The van der Waals surface area contributed by atoms with Crippen molar-refractivity contribution in [3.63, 3.8) is 0 Å². The first-order valence-corrected chi connectivity index (χ1v) is 22.4. The van der Waals surface area contributed by atoms with Gasteiger partial charge in [-0.15, -0.1) is 5.10 Å². The number of carbonyl (C=O) groups excluding carboxylic acids is 7. The van der Waals surface area contributed by atoms with Crippen LogP contribution in [0.25, 0.3) is 11.0 Å². The van der Waals surface area contributed by atoms with Gasteiger partial charge in [0.15, 0.2) is 29.8 Å². The Hall–Kier alpha value is -8.74. The molecule has 0 saturated heterocycles. The molecule has 392 valence electrons. The van der Waals surface area contributed by atoms with Gasteiger partial charge in [0.05, 0.1) is 12.1 Å². The van der Waals surface area contributed by atoms with E-state index in [9.17, 15) is 33.6 Å². The smallest absolute Gasteiger partial charge is 0.251 e. The maximum Gasteiger partial charge on any atom is 0.251 e. The molecule has 0 spiro atoms. The second kappa shape index (κ2) is 31.3. The lowest BCUT2D eigenvalue weighted by molar-refractivity contribution is -0.135. The van der Waals surface area contributed by atoms with Crippen LogP contribution in [0.2, 0.25) is 0 Å². The standard InChI is InChI=1S/C39H69N25O7/c40-29(66)22(6-1-13-51-35(41)42)58-32(69)24(8-3-15-53-37(45)46)60-34(71)26(10-5-17-55-39(49)50)61-33(70)25(9-4-16-54-38(47)48)59-31(68)23(7-2-14-52-36(43)44)57-28(65)19-56-30(67)20-11-12-21-27(18-20)63-64-62-21/h11-12,18,22-26H,1-10,13-17,19H2,(H2,40,66)(H,56,67)(H,57,65)(H,58,69)(H,59,68)(H,60,71)(H,61,70)(H4,41,42,51)(H4,43,44,52)(H4,45,46,53)(H4,47,48,54)(H4,49,50,55)(H,62,63,64)/t22-,23-,24-,25-,26-/m0/s1. The number of fused-ring (bicyclic) bond motifs is 1. The summed E-state index contributed by atoms with van der Waals surface area (Å²) in [4.78, 5) is 94.7. The molecule has 0 fully saturated rings. The van der Waals surface area contributed by atoms with E-state index in [1.165, 1.54) is 12.1 Å². The second-order valence-corrected chi connectivity index (χ2v) is 15.9. The van der Waals surface area contributed by atoms with Gasteiger partial charge in [0.2, 0.25) is 35.4 Å². The van der Waals surface area contributed by atoms with E-state index in [1.807, 2.05) is 0 Å². The molecule has 0 unspecified atom stereocenters. The molecule has 2 aromatic rings. The summed E-state index contributed by atoms with van der Waals surface area (Å²) in [5.74, 6) is -7.36. The fourth-order valence-electron chi connectivity index (χ4n) is 6.59. The highest BCUT2D eigenvalue weighted by Crippen LogP contribution is 2.11. The SMILES string of the molecule is N=C(N)NCCC[C@H](NC(=O)[C@H](CCCNC(=N)N)NC(=O)[C@H](CCCNC(=N)N)NC(=O)[C@H](CCCNC(=N)N)NC(=O)[C@H](CCCNC(=N)N)NC(=O)CNC(=O)c1ccc2[nH]nnc2c1)C(N)=O. The maximum atomic E-state index is 14.2. The molecule has 2 rings (SSSR count). The molecule has 0 radical (unpaired) electrons. The van der Waals surface area contributed by atoms with Gasteiger partial charge in [-0.2, -0.15) is 0 Å². The summed E-state index contributed by atoms with van der Waals surface area (Å²) in [6.45, 7) is 0.0483. The van der Waals surface area contributed by atoms with Crippen LogP contribution in [-0.2, 0) is 28.8 Å². The van der Waals surface area contributed by atoms with Gasteiger partial charge < -0.3 is 92.9 Å². The summed E-state index contributed by atoms with van der Waals surface area (Å²) >= 11 is 0. The maximum absolute atomic E-state index is 14.2. The normalized spacial score (nSPS) is 12.7. The average molecular weight is 1000 g/mol. The summed E-state index contributed by atoms with van der Waals surface area (Å²) in [6.07, 6.45) is 0.675. The molecule has 0 bridgehead atoms. The second-order valence-electron chi connectivity index (χ2n) is 15.9. The molecule has 29 N–H and O–H groups in total. The molecule has 32 heteroatoms. The van der Waals surface area contributed by atoms with Crippen LogP contribution < -0.4 is 92.9 Å². The number of H-pyrrole nitrogens is 1. The number of aromatic amines is 1. The predicted molar refractivity (Wildman–Crippen MR) is 261 cm³/mol. The Morgan fingerprint density at radius 3 is 1.17 bits per heavy atom. The fraction of sp³-hybridized carbons (Fsp3) is 0.538. The highest BCUT2D eigenvalue weighted by Gasteiger charge is 2.32. The quantitative estimate of drug-likeness (QED) is 0.0179. The Morgan fingerprint density at radius 2 is 0.817 bits per heavy atom. The van der Waals surface area contributed by atoms with Crippen molar-refractivity contribution in [2.24, 2.45) is 34.4 Å². The third-order valence-electron chi connectivity index (χ3n) is 10.1. The van der Waals surface area contributed by atoms with Crippen LogP contribution in [0.3, 0.4) is 0 Å². The summed E-state index contributed by atoms with van der Waals surface area (Å²) < 4.78 is 0. The minimum atomic E-state index is -1.40. The number of nitrogens with two attached hydrogens (primary N) is 6. The van der Waals surface area contributed by atoms with Crippen molar-refractivity contribution in [3.05, 3.63) is 23.8 Å². The van der Waals surface area contributed by atoms with Gasteiger partial charge in [0.25, 0.3) is 5.91 Å². The van der Waals surface area contributed by atoms with Crippen LogP contribution in [-0.4, -0.2) is 156 Å². The van der Waals surface area contributed by atoms with E-state index in [0.29, 0.717) is 11.0 Å². The Labute approximate surface area is 407 Å². The zero-order valence-electron chi connectivity index (χ0n) is 39.1. The van der Waals surface area contributed by atoms with Crippen molar-refractivity contribution in [3.8, 4) is 0 Å². The lowest BCUT2D eigenvalue weighted by atomic mass is 10.0. The van der Waals surface area contributed by atoms with Crippen molar-refractivity contribution in [2.45, 2.75) is 94.4 Å². The van der Waals surface area contributed by atoms with Gasteiger partial charge in [-0.3, -0.25) is 65.7 Å². The highest BCUT2D eigenvalue weighted by molar-refractivity contribution is 6.00. The Kier molecular flexibility index (Phi) is 25.8. The largest absolute Gasteiger partial charge is 0.370 e. The number of guanidine groups is 5. The Bertz CT molecular complexity index is 2180. The van der Waals surface area contributed by atoms with Crippen molar-refractivity contribution >= 4 is 82.2 Å². The molecule has 0 aliphatic heterocycles. The summed E-state index contributed by atoms with van der Waals surface area (Å²) in [5.41, 5.74) is 33.8. The number of nitrogens with zero attached hydrogens (tertiary/aromatic N) is 2. The molecule has 5 atom stereocenters. The first-order valence-electron chi connectivity index (χ1n) is 22.4. The molecule has 71 heavy (non-hydrogen) atoms. The van der Waals surface area contributed by atoms with E-state index in [0.717, 1.165) is 0 Å². The number of aromatic nitrogens is 3. The van der Waals surface area contributed by atoms with E-state index >= 15 is 0 Å². The summed E-state index contributed by atoms with van der Waals surface area (Å²) in [7, 11) is 0. The van der Waals surface area contributed by atoms with Crippen LogP contribution in [0.5, 0.6) is 0 Å².